The molecule has 1 aliphatic rings. The summed E-state index contributed by atoms with van der Waals surface area (Å²) in [5, 5.41) is 5.08. The number of halogens is 1. The van der Waals surface area contributed by atoms with Crippen molar-refractivity contribution in [1.82, 2.24) is 19.4 Å². The van der Waals surface area contributed by atoms with Gasteiger partial charge in [-0.3, -0.25) is 9.58 Å². The van der Waals surface area contributed by atoms with Gasteiger partial charge in [0.05, 0.1) is 22.7 Å². The number of nitrogens with zero attached hydrogens (tertiary/aromatic N) is 3. The Morgan fingerprint density at radius 2 is 2.00 bits per heavy atom. The number of piperidine rings is 1. The Morgan fingerprint density at radius 3 is 2.48 bits per heavy atom. The Bertz CT molecular complexity index is 592. The van der Waals surface area contributed by atoms with Crippen molar-refractivity contribution in [3.8, 4) is 0 Å². The predicted octanol–water partition coefficient (Wildman–Crippen LogP) is 1.14. The third kappa shape index (κ3) is 4.67. The van der Waals surface area contributed by atoms with Gasteiger partial charge in [0.25, 0.3) is 0 Å². The van der Waals surface area contributed by atoms with E-state index in [4.69, 9.17) is 11.6 Å². The summed E-state index contributed by atoms with van der Waals surface area (Å²) in [4.78, 5) is 2.35. The molecule has 1 saturated heterocycles. The monoisotopic (exact) mass is 334 g/mol. The lowest BCUT2D eigenvalue weighted by Crippen LogP contribution is -2.38. The van der Waals surface area contributed by atoms with Crippen molar-refractivity contribution >= 4 is 21.6 Å². The summed E-state index contributed by atoms with van der Waals surface area (Å²) in [7, 11) is -1.17. The Hall–Kier alpha value is -0.630. The molecule has 6 nitrogen and oxygen atoms in total. The molecule has 21 heavy (non-hydrogen) atoms. The van der Waals surface area contributed by atoms with Crippen molar-refractivity contribution in [2.45, 2.75) is 26.3 Å². The molecule has 1 fully saturated rings. The Kier molecular flexibility index (Phi) is 5.29. The Morgan fingerprint density at radius 1 is 1.38 bits per heavy atom. The van der Waals surface area contributed by atoms with Gasteiger partial charge in [0.1, 0.15) is 0 Å². The van der Waals surface area contributed by atoms with Gasteiger partial charge in [0, 0.05) is 20.1 Å². The molecule has 0 unspecified atom stereocenters. The van der Waals surface area contributed by atoms with E-state index in [1.54, 1.807) is 0 Å². The minimum absolute atomic E-state index is 0.416. The van der Waals surface area contributed by atoms with Crippen LogP contribution in [0.4, 0.5) is 0 Å². The fourth-order valence-corrected chi connectivity index (χ4v) is 3.44. The van der Waals surface area contributed by atoms with Crippen LogP contribution in [0.15, 0.2) is 0 Å². The maximum absolute atomic E-state index is 11.1. The van der Waals surface area contributed by atoms with Crippen LogP contribution in [0, 0.1) is 12.8 Å². The van der Waals surface area contributed by atoms with E-state index in [-0.39, 0.29) is 0 Å². The molecular formula is C13H23ClN4O2S. The van der Waals surface area contributed by atoms with Crippen molar-refractivity contribution in [2.75, 3.05) is 25.9 Å². The zero-order chi connectivity index (χ0) is 15.6. The lowest BCUT2D eigenvalue weighted by molar-refractivity contribution is 0.175. The molecule has 0 bridgehead atoms. The molecule has 0 amide bonds. The zero-order valence-electron chi connectivity index (χ0n) is 12.8. The average molecular weight is 335 g/mol. The summed E-state index contributed by atoms with van der Waals surface area (Å²) in [6.07, 6.45) is 3.20. The van der Waals surface area contributed by atoms with Crippen molar-refractivity contribution in [3.63, 3.8) is 0 Å². The van der Waals surface area contributed by atoms with Crippen molar-refractivity contribution in [3.05, 3.63) is 16.4 Å². The van der Waals surface area contributed by atoms with Gasteiger partial charge in [-0.05, 0) is 38.8 Å². The van der Waals surface area contributed by atoms with Crippen LogP contribution in [0.3, 0.4) is 0 Å². The average Bonchev–Trinajstić information content (AvgIpc) is 2.64. The van der Waals surface area contributed by atoms with Gasteiger partial charge in [0.2, 0.25) is 10.0 Å². The fraction of sp³-hybridized carbons (Fsp3) is 0.769. The number of likely N-dealkylation sites (tertiary alicyclic amines) is 1. The molecule has 8 heteroatoms. The summed E-state index contributed by atoms with van der Waals surface area (Å²) >= 11 is 6.28. The molecule has 1 aliphatic heterocycles. The lowest BCUT2D eigenvalue weighted by atomic mass is 9.97. The molecule has 0 spiro atoms. The van der Waals surface area contributed by atoms with Crippen molar-refractivity contribution < 1.29 is 8.42 Å². The SMILES string of the molecule is Cc1nn(C)c(CN2CCC(CNS(C)(=O)=O)CC2)c1Cl. The van der Waals surface area contributed by atoms with E-state index in [9.17, 15) is 8.42 Å². The molecule has 1 N–H and O–H groups in total. The first-order chi connectivity index (χ1) is 9.76. The molecule has 0 aromatic carbocycles. The summed E-state index contributed by atoms with van der Waals surface area (Å²) < 4.78 is 26.7. The first-order valence-electron chi connectivity index (χ1n) is 7.11. The van der Waals surface area contributed by atoms with Gasteiger partial charge in [-0.1, -0.05) is 11.6 Å². The number of rotatable bonds is 5. The summed E-state index contributed by atoms with van der Waals surface area (Å²) in [5.41, 5.74) is 1.91. The maximum Gasteiger partial charge on any atom is 0.208 e. The van der Waals surface area contributed by atoms with E-state index >= 15 is 0 Å². The molecule has 120 valence electrons. The van der Waals surface area contributed by atoms with E-state index in [0.29, 0.717) is 12.5 Å². The van der Waals surface area contributed by atoms with Crippen LogP contribution < -0.4 is 4.72 Å². The molecule has 0 aliphatic carbocycles. The van der Waals surface area contributed by atoms with Crippen molar-refractivity contribution in [2.24, 2.45) is 13.0 Å². The fourth-order valence-electron chi connectivity index (χ4n) is 2.68. The van der Waals surface area contributed by atoms with E-state index < -0.39 is 10.0 Å². The second kappa shape index (κ2) is 6.64. The predicted molar refractivity (Wildman–Crippen MR) is 83.8 cm³/mol. The van der Waals surface area contributed by atoms with Gasteiger partial charge >= 0.3 is 0 Å². The summed E-state index contributed by atoms with van der Waals surface area (Å²) in [6.45, 7) is 5.16. The van der Waals surface area contributed by atoms with E-state index in [0.717, 1.165) is 48.9 Å². The second-order valence-corrected chi connectivity index (χ2v) is 8.02. The van der Waals surface area contributed by atoms with Gasteiger partial charge in [-0.25, -0.2) is 13.1 Å². The van der Waals surface area contributed by atoms with Crippen LogP contribution in [0.1, 0.15) is 24.2 Å². The Balaban J connectivity index is 1.84. The van der Waals surface area contributed by atoms with E-state index in [1.165, 1.54) is 6.26 Å². The summed E-state index contributed by atoms with van der Waals surface area (Å²) in [6, 6.07) is 0. The number of sulfonamides is 1. The highest BCUT2D eigenvalue weighted by Gasteiger charge is 2.22. The van der Waals surface area contributed by atoms with Crippen molar-refractivity contribution in [1.29, 1.82) is 0 Å². The van der Waals surface area contributed by atoms with E-state index in [1.807, 2.05) is 18.7 Å². The van der Waals surface area contributed by atoms with Crippen LogP contribution in [-0.2, 0) is 23.6 Å². The third-order valence-electron chi connectivity index (χ3n) is 3.98. The number of aromatic nitrogens is 2. The molecule has 0 radical (unpaired) electrons. The molecule has 1 aromatic rings. The topological polar surface area (TPSA) is 67.2 Å². The Labute approximate surface area is 131 Å². The first kappa shape index (κ1) is 16.7. The van der Waals surface area contributed by atoms with Gasteiger partial charge in [-0.15, -0.1) is 0 Å². The number of aryl methyl sites for hydroxylation is 2. The molecular weight excluding hydrogens is 312 g/mol. The van der Waals surface area contributed by atoms with E-state index in [2.05, 4.69) is 14.7 Å². The van der Waals surface area contributed by atoms with Crippen LogP contribution >= 0.6 is 11.6 Å². The number of hydrogen-bond donors (Lipinski definition) is 1. The third-order valence-corrected chi connectivity index (χ3v) is 5.16. The highest BCUT2D eigenvalue weighted by Crippen LogP contribution is 2.24. The van der Waals surface area contributed by atoms with Crippen LogP contribution in [0.25, 0.3) is 0 Å². The smallest absolute Gasteiger partial charge is 0.208 e. The van der Waals surface area contributed by atoms with Crippen LogP contribution in [0.2, 0.25) is 5.02 Å². The minimum atomic E-state index is -3.09. The highest BCUT2D eigenvalue weighted by molar-refractivity contribution is 7.88. The van der Waals surface area contributed by atoms with Gasteiger partial charge in [-0.2, -0.15) is 5.10 Å². The molecule has 0 saturated carbocycles. The number of hydrogen-bond acceptors (Lipinski definition) is 4. The van der Waals surface area contributed by atoms with Gasteiger partial charge in [0.15, 0.2) is 0 Å². The summed E-state index contributed by atoms with van der Waals surface area (Å²) in [5.74, 6) is 0.416. The molecule has 0 atom stereocenters. The largest absolute Gasteiger partial charge is 0.297 e. The van der Waals surface area contributed by atoms with Crippen LogP contribution in [0.5, 0.6) is 0 Å². The highest BCUT2D eigenvalue weighted by atomic mass is 35.5. The second-order valence-electron chi connectivity index (χ2n) is 5.81. The first-order valence-corrected chi connectivity index (χ1v) is 9.38. The number of nitrogens with one attached hydrogen (secondary N) is 1. The minimum Gasteiger partial charge on any atom is -0.297 e. The normalized spacial score (nSPS) is 18.3. The van der Waals surface area contributed by atoms with Crippen LogP contribution in [-0.4, -0.2) is 49.0 Å². The lowest BCUT2D eigenvalue weighted by Gasteiger charge is -2.31. The van der Waals surface area contributed by atoms with Gasteiger partial charge < -0.3 is 0 Å². The molecule has 2 heterocycles. The molecule has 1 aromatic heterocycles. The molecule has 2 rings (SSSR count). The quantitative estimate of drug-likeness (QED) is 0.877. The maximum atomic E-state index is 11.1. The standard InChI is InChI=1S/C13H23ClN4O2S/c1-10-13(14)12(17(2)16-10)9-18-6-4-11(5-7-18)8-15-21(3,19)20/h11,15H,4-9H2,1-3H3. The zero-order valence-corrected chi connectivity index (χ0v) is 14.3.